The van der Waals surface area contributed by atoms with Gasteiger partial charge in [-0.2, -0.15) is 5.48 Å². The van der Waals surface area contributed by atoms with Crippen molar-refractivity contribution in [1.82, 2.24) is 5.48 Å². The van der Waals surface area contributed by atoms with Crippen molar-refractivity contribution in [2.45, 2.75) is 18.6 Å². The van der Waals surface area contributed by atoms with E-state index in [1.165, 1.54) is 11.1 Å². The van der Waals surface area contributed by atoms with E-state index in [2.05, 4.69) is 54.0 Å². The zero-order valence-electron chi connectivity index (χ0n) is 9.54. The Kier molecular flexibility index (Phi) is 2.90. The molecule has 2 aromatic carbocycles. The quantitative estimate of drug-likeness (QED) is 0.845. The summed E-state index contributed by atoms with van der Waals surface area (Å²) in [5, 5.41) is 0. The number of hydroxylamine groups is 1. The van der Waals surface area contributed by atoms with E-state index in [0.717, 1.165) is 6.42 Å². The second kappa shape index (κ2) is 4.70. The summed E-state index contributed by atoms with van der Waals surface area (Å²) < 4.78 is 0. The van der Waals surface area contributed by atoms with Crippen LogP contribution in [0.5, 0.6) is 0 Å². The molecule has 0 spiro atoms. The largest absolute Gasteiger partial charge is 0.293 e. The average Bonchev–Trinajstić information content (AvgIpc) is 2.90. The van der Waals surface area contributed by atoms with E-state index in [9.17, 15) is 0 Å². The van der Waals surface area contributed by atoms with E-state index in [1.54, 1.807) is 0 Å². The Labute approximate surface area is 101 Å². The minimum atomic E-state index is 0.154. The zero-order chi connectivity index (χ0) is 11.5. The molecule has 0 saturated carbocycles. The lowest BCUT2D eigenvalue weighted by Gasteiger charge is -2.08. The van der Waals surface area contributed by atoms with Gasteiger partial charge in [-0.15, -0.1) is 0 Å². The number of hydrogen-bond acceptors (Lipinski definition) is 2. The molecule has 1 heterocycles. The van der Waals surface area contributed by atoms with Crippen molar-refractivity contribution in [3.05, 3.63) is 71.8 Å². The van der Waals surface area contributed by atoms with Crippen molar-refractivity contribution in [1.29, 1.82) is 0 Å². The summed E-state index contributed by atoms with van der Waals surface area (Å²) in [7, 11) is 0. The van der Waals surface area contributed by atoms with Crippen molar-refractivity contribution in [3.8, 4) is 0 Å². The molecule has 2 nitrogen and oxygen atoms in total. The SMILES string of the molecule is c1ccc([C@@H]2C[C@H](c3ccccc3)NO2)cc1. The van der Waals surface area contributed by atoms with Gasteiger partial charge in [0, 0.05) is 6.42 Å². The topological polar surface area (TPSA) is 21.3 Å². The van der Waals surface area contributed by atoms with E-state index >= 15 is 0 Å². The highest BCUT2D eigenvalue weighted by molar-refractivity contribution is 5.23. The van der Waals surface area contributed by atoms with Crippen LogP contribution in [0.4, 0.5) is 0 Å². The summed E-state index contributed by atoms with van der Waals surface area (Å²) in [5.74, 6) is 0. The van der Waals surface area contributed by atoms with Gasteiger partial charge in [-0.3, -0.25) is 4.84 Å². The van der Waals surface area contributed by atoms with E-state index in [0.29, 0.717) is 6.04 Å². The lowest BCUT2D eigenvalue weighted by atomic mass is 9.99. The van der Waals surface area contributed by atoms with Crippen LogP contribution in [0.1, 0.15) is 29.7 Å². The molecule has 0 amide bonds. The van der Waals surface area contributed by atoms with Crippen LogP contribution in [0.3, 0.4) is 0 Å². The lowest BCUT2D eigenvalue weighted by Crippen LogP contribution is -2.11. The van der Waals surface area contributed by atoms with Crippen molar-refractivity contribution in [2.24, 2.45) is 0 Å². The third-order valence-electron chi connectivity index (χ3n) is 3.18. The van der Waals surface area contributed by atoms with E-state index in [1.807, 2.05) is 12.1 Å². The Bertz CT molecular complexity index is 423. The summed E-state index contributed by atoms with van der Waals surface area (Å²) in [6.45, 7) is 0. The highest BCUT2D eigenvalue weighted by Crippen LogP contribution is 2.34. The molecule has 86 valence electrons. The third-order valence-corrected chi connectivity index (χ3v) is 3.18. The van der Waals surface area contributed by atoms with Gasteiger partial charge < -0.3 is 0 Å². The molecule has 0 aromatic heterocycles. The third kappa shape index (κ3) is 2.23. The fraction of sp³-hybridized carbons (Fsp3) is 0.200. The van der Waals surface area contributed by atoms with Gasteiger partial charge in [-0.25, -0.2) is 0 Å². The minimum absolute atomic E-state index is 0.154. The standard InChI is InChI=1S/C15H15NO/c1-3-7-12(8-4-1)14-11-15(17-16-14)13-9-5-2-6-10-13/h1-10,14-16H,11H2/t14-,15+/m1/s1. The van der Waals surface area contributed by atoms with Gasteiger partial charge in [0.15, 0.2) is 0 Å². The second-order valence-electron chi connectivity index (χ2n) is 4.33. The zero-order valence-corrected chi connectivity index (χ0v) is 9.54. The summed E-state index contributed by atoms with van der Waals surface area (Å²) in [6, 6.07) is 21.1. The first-order valence-electron chi connectivity index (χ1n) is 5.94. The van der Waals surface area contributed by atoms with Gasteiger partial charge in [0.25, 0.3) is 0 Å². The van der Waals surface area contributed by atoms with Gasteiger partial charge in [0.2, 0.25) is 0 Å². The number of hydrogen-bond donors (Lipinski definition) is 1. The minimum Gasteiger partial charge on any atom is -0.293 e. The molecule has 1 aliphatic rings. The van der Waals surface area contributed by atoms with E-state index < -0.39 is 0 Å². The van der Waals surface area contributed by atoms with Crippen LogP contribution in [0, 0.1) is 0 Å². The van der Waals surface area contributed by atoms with Crippen LogP contribution >= 0.6 is 0 Å². The maximum Gasteiger partial charge on any atom is 0.106 e. The maximum atomic E-state index is 5.66. The molecule has 1 N–H and O–H groups in total. The Morgan fingerprint density at radius 1 is 0.824 bits per heavy atom. The predicted octanol–water partition coefficient (Wildman–Crippen LogP) is 3.39. The molecule has 2 heteroatoms. The number of nitrogens with one attached hydrogen (secondary N) is 1. The molecule has 17 heavy (non-hydrogen) atoms. The highest BCUT2D eigenvalue weighted by atomic mass is 16.7. The van der Waals surface area contributed by atoms with Gasteiger partial charge in [-0.1, -0.05) is 60.7 Å². The molecule has 1 aliphatic heterocycles. The van der Waals surface area contributed by atoms with Crippen LogP contribution in [0.25, 0.3) is 0 Å². The van der Waals surface area contributed by atoms with Crippen LogP contribution in [-0.2, 0) is 4.84 Å². The molecular weight excluding hydrogens is 210 g/mol. The molecule has 1 saturated heterocycles. The van der Waals surface area contributed by atoms with Gasteiger partial charge >= 0.3 is 0 Å². The van der Waals surface area contributed by atoms with E-state index in [-0.39, 0.29) is 6.10 Å². The first-order valence-corrected chi connectivity index (χ1v) is 5.94. The van der Waals surface area contributed by atoms with Crippen LogP contribution in [-0.4, -0.2) is 0 Å². The molecule has 0 radical (unpaired) electrons. The van der Waals surface area contributed by atoms with Crippen molar-refractivity contribution in [3.63, 3.8) is 0 Å². The molecule has 2 atom stereocenters. The van der Waals surface area contributed by atoms with Gasteiger partial charge in [0.1, 0.15) is 6.10 Å². The predicted molar refractivity (Wildman–Crippen MR) is 67.2 cm³/mol. The Morgan fingerprint density at radius 3 is 2.06 bits per heavy atom. The molecule has 0 bridgehead atoms. The van der Waals surface area contributed by atoms with Crippen LogP contribution < -0.4 is 5.48 Å². The summed E-state index contributed by atoms with van der Waals surface area (Å²) >= 11 is 0. The van der Waals surface area contributed by atoms with Crippen molar-refractivity contribution < 1.29 is 4.84 Å². The monoisotopic (exact) mass is 225 g/mol. The fourth-order valence-corrected chi connectivity index (χ4v) is 2.24. The Hall–Kier alpha value is -1.64. The van der Waals surface area contributed by atoms with Crippen LogP contribution in [0.15, 0.2) is 60.7 Å². The molecular formula is C15H15NO. The smallest absolute Gasteiger partial charge is 0.106 e. The Morgan fingerprint density at radius 2 is 1.41 bits per heavy atom. The van der Waals surface area contributed by atoms with Crippen LogP contribution in [0.2, 0.25) is 0 Å². The second-order valence-corrected chi connectivity index (χ2v) is 4.33. The molecule has 0 unspecified atom stereocenters. The lowest BCUT2D eigenvalue weighted by molar-refractivity contribution is 0.0255. The maximum absolute atomic E-state index is 5.66. The van der Waals surface area contributed by atoms with Gasteiger partial charge in [0.05, 0.1) is 6.04 Å². The first-order chi connectivity index (χ1) is 8.43. The number of benzene rings is 2. The summed E-state index contributed by atoms with van der Waals surface area (Å²) in [5.41, 5.74) is 5.64. The first kappa shape index (κ1) is 10.5. The highest BCUT2D eigenvalue weighted by Gasteiger charge is 2.27. The van der Waals surface area contributed by atoms with E-state index in [4.69, 9.17) is 4.84 Å². The molecule has 1 fully saturated rings. The average molecular weight is 225 g/mol. The normalized spacial score (nSPS) is 23.8. The molecule has 0 aliphatic carbocycles. The molecule has 3 rings (SSSR count). The Balaban J connectivity index is 1.75. The summed E-state index contributed by atoms with van der Waals surface area (Å²) in [4.78, 5) is 5.66. The van der Waals surface area contributed by atoms with Crippen molar-refractivity contribution >= 4 is 0 Å². The summed E-state index contributed by atoms with van der Waals surface area (Å²) in [6.07, 6.45) is 1.13. The number of rotatable bonds is 2. The fourth-order valence-electron chi connectivity index (χ4n) is 2.24. The van der Waals surface area contributed by atoms with Crippen molar-refractivity contribution in [2.75, 3.05) is 0 Å². The molecule has 2 aromatic rings. The van der Waals surface area contributed by atoms with Gasteiger partial charge in [-0.05, 0) is 11.1 Å².